The summed E-state index contributed by atoms with van der Waals surface area (Å²) in [7, 11) is 0. The highest BCUT2D eigenvalue weighted by atomic mass is 19.1. The monoisotopic (exact) mass is 389 g/mol. The van der Waals surface area contributed by atoms with Gasteiger partial charge in [0.05, 0.1) is 13.2 Å². The number of ether oxygens (including phenoxy) is 1. The summed E-state index contributed by atoms with van der Waals surface area (Å²) in [5.74, 6) is -2.76. The molecule has 0 unspecified atom stereocenters. The fraction of sp³-hybridized carbons (Fsp3) is 0.300. The van der Waals surface area contributed by atoms with Gasteiger partial charge in [-0.25, -0.2) is 8.78 Å². The van der Waals surface area contributed by atoms with E-state index in [9.17, 15) is 18.4 Å². The number of anilines is 1. The number of halogens is 2. The van der Waals surface area contributed by atoms with Gasteiger partial charge in [0.2, 0.25) is 0 Å². The lowest BCUT2D eigenvalue weighted by molar-refractivity contribution is 0.0383. The van der Waals surface area contributed by atoms with Crippen molar-refractivity contribution in [3.05, 3.63) is 65.2 Å². The van der Waals surface area contributed by atoms with E-state index in [0.717, 1.165) is 25.2 Å². The predicted octanol–water partition coefficient (Wildman–Crippen LogP) is 2.28. The van der Waals surface area contributed by atoms with Gasteiger partial charge in [-0.05, 0) is 30.3 Å². The van der Waals surface area contributed by atoms with Gasteiger partial charge in [0.25, 0.3) is 11.8 Å². The van der Waals surface area contributed by atoms with Crippen LogP contribution in [0.15, 0.2) is 42.5 Å². The topological polar surface area (TPSA) is 70.7 Å². The highest BCUT2D eigenvalue weighted by molar-refractivity contribution is 6.06. The van der Waals surface area contributed by atoms with Crippen LogP contribution in [0.4, 0.5) is 14.5 Å². The number of nitrogens with zero attached hydrogens (tertiary/aromatic N) is 1. The summed E-state index contributed by atoms with van der Waals surface area (Å²) in [5.41, 5.74) is -0.0972. The van der Waals surface area contributed by atoms with E-state index in [2.05, 4.69) is 15.5 Å². The van der Waals surface area contributed by atoms with Gasteiger partial charge in [0.15, 0.2) is 0 Å². The minimum absolute atomic E-state index is 0.128. The highest BCUT2D eigenvalue weighted by Gasteiger charge is 2.15. The van der Waals surface area contributed by atoms with Crippen LogP contribution >= 0.6 is 0 Å². The third kappa shape index (κ3) is 5.11. The number of hydrogen-bond acceptors (Lipinski definition) is 4. The number of hydrogen-bond donors (Lipinski definition) is 2. The van der Waals surface area contributed by atoms with Crippen LogP contribution in [0.5, 0.6) is 0 Å². The van der Waals surface area contributed by atoms with Crippen molar-refractivity contribution >= 4 is 17.5 Å². The third-order valence-corrected chi connectivity index (χ3v) is 4.41. The molecule has 0 spiro atoms. The highest BCUT2D eigenvalue weighted by Crippen LogP contribution is 2.19. The Morgan fingerprint density at radius 2 is 1.57 bits per heavy atom. The Morgan fingerprint density at radius 3 is 2.25 bits per heavy atom. The summed E-state index contributed by atoms with van der Waals surface area (Å²) in [6, 6.07) is 9.29. The summed E-state index contributed by atoms with van der Waals surface area (Å²) >= 11 is 0. The van der Waals surface area contributed by atoms with Gasteiger partial charge in [-0.3, -0.25) is 14.5 Å². The normalized spacial score (nSPS) is 14.5. The van der Waals surface area contributed by atoms with Gasteiger partial charge < -0.3 is 15.4 Å². The van der Waals surface area contributed by atoms with Crippen molar-refractivity contribution in [3.63, 3.8) is 0 Å². The zero-order chi connectivity index (χ0) is 19.9. The molecule has 0 atom stereocenters. The summed E-state index contributed by atoms with van der Waals surface area (Å²) in [6.45, 7) is 4.22. The molecule has 0 aliphatic carbocycles. The lowest BCUT2D eigenvalue weighted by Gasteiger charge is -2.26. The lowest BCUT2D eigenvalue weighted by atomic mass is 10.1. The van der Waals surface area contributed by atoms with Crippen molar-refractivity contribution in [2.45, 2.75) is 0 Å². The minimum atomic E-state index is -0.870. The SMILES string of the molecule is O=C(NCCN1CCOCC1)c1cccc(C(=O)Nc2c(F)cccc2F)c1. The molecular weight excluding hydrogens is 368 g/mol. The van der Waals surface area contributed by atoms with Crippen molar-refractivity contribution in [1.29, 1.82) is 0 Å². The Hall–Kier alpha value is -2.84. The molecule has 1 saturated heterocycles. The van der Waals surface area contributed by atoms with E-state index < -0.39 is 23.2 Å². The molecule has 2 aromatic rings. The molecular formula is C20H21F2N3O3. The van der Waals surface area contributed by atoms with Gasteiger partial charge in [0, 0.05) is 37.3 Å². The second-order valence-corrected chi connectivity index (χ2v) is 6.34. The molecule has 2 aromatic carbocycles. The molecule has 0 saturated carbocycles. The predicted molar refractivity (Wildman–Crippen MR) is 100 cm³/mol. The Morgan fingerprint density at radius 1 is 0.964 bits per heavy atom. The van der Waals surface area contributed by atoms with Crippen LogP contribution in [0.25, 0.3) is 0 Å². The fourth-order valence-corrected chi connectivity index (χ4v) is 2.86. The molecule has 0 radical (unpaired) electrons. The maximum Gasteiger partial charge on any atom is 0.255 e. The average molecular weight is 389 g/mol. The average Bonchev–Trinajstić information content (AvgIpc) is 2.71. The summed E-state index contributed by atoms with van der Waals surface area (Å²) < 4.78 is 32.7. The van der Waals surface area contributed by atoms with E-state index in [1.807, 2.05) is 0 Å². The molecule has 1 fully saturated rings. The minimum Gasteiger partial charge on any atom is -0.379 e. The third-order valence-electron chi connectivity index (χ3n) is 4.41. The lowest BCUT2D eigenvalue weighted by Crippen LogP contribution is -2.41. The second kappa shape index (κ2) is 9.38. The van der Waals surface area contributed by atoms with Gasteiger partial charge in [-0.2, -0.15) is 0 Å². The quantitative estimate of drug-likeness (QED) is 0.795. The molecule has 3 rings (SSSR count). The van der Waals surface area contributed by atoms with Crippen molar-refractivity contribution in [2.75, 3.05) is 44.7 Å². The Labute approximate surface area is 161 Å². The molecule has 148 valence electrons. The van der Waals surface area contributed by atoms with E-state index in [1.54, 1.807) is 12.1 Å². The number of para-hydroxylation sites is 1. The maximum atomic E-state index is 13.7. The van der Waals surface area contributed by atoms with Crippen LogP contribution in [0, 0.1) is 11.6 Å². The van der Waals surface area contributed by atoms with Crippen LogP contribution < -0.4 is 10.6 Å². The smallest absolute Gasteiger partial charge is 0.255 e. The largest absolute Gasteiger partial charge is 0.379 e. The first-order valence-corrected chi connectivity index (χ1v) is 8.98. The Bertz CT molecular complexity index is 834. The molecule has 1 aliphatic rings. The second-order valence-electron chi connectivity index (χ2n) is 6.34. The first kappa shape index (κ1) is 19.9. The first-order chi connectivity index (χ1) is 13.5. The van der Waals surface area contributed by atoms with E-state index in [1.165, 1.54) is 18.2 Å². The number of amides is 2. The molecule has 2 N–H and O–H groups in total. The molecule has 1 aliphatic heterocycles. The summed E-state index contributed by atoms with van der Waals surface area (Å²) in [6.07, 6.45) is 0. The molecule has 2 amide bonds. The molecule has 28 heavy (non-hydrogen) atoms. The van der Waals surface area contributed by atoms with Gasteiger partial charge >= 0.3 is 0 Å². The molecule has 0 bridgehead atoms. The number of carbonyl (C=O) groups is 2. The molecule has 1 heterocycles. The Kier molecular flexibility index (Phi) is 6.67. The number of rotatable bonds is 6. The standard InChI is InChI=1S/C20H21F2N3O3/c21-16-5-2-6-17(22)18(16)24-20(27)15-4-1-3-14(13-15)19(26)23-7-8-25-9-11-28-12-10-25/h1-6,13H,7-12H2,(H,23,26)(H,24,27). The van der Waals surface area contributed by atoms with Gasteiger partial charge in [-0.1, -0.05) is 12.1 Å². The molecule has 0 aromatic heterocycles. The van der Waals surface area contributed by atoms with Crippen LogP contribution in [0.1, 0.15) is 20.7 Å². The summed E-state index contributed by atoms with van der Waals surface area (Å²) in [4.78, 5) is 26.8. The van der Waals surface area contributed by atoms with Gasteiger partial charge in [0.1, 0.15) is 17.3 Å². The van der Waals surface area contributed by atoms with Crippen LogP contribution in [0.2, 0.25) is 0 Å². The number of benzene rings is 2. The fourth-order valence-electron chi connectivity index (χ4n) is 2.86. The first-order valence-electron chi connectivity index (χ1n) is 8.98. The zero-order valence-corrected chi connectivity index (χ0v) is 15.2. The van der Waals surface area contributed by atoms with Crippen molar-refractivity contribution in [2.24, 2.45) is 0 Å². The maximum absolute atomic E-state index is 13.7. The molecule has 8 heteroatoms. The molecule has 6 nitrogen and oxygen atoms in total. The van der Waals surface area contributed by atoms with E-state index in [0.29, 0.717) is 31.9 Å². The summed E-state index contributed by atoms with van der Waals surface area (Å²) in [5, 5.41) is 5.02. The van der Waals surface area contributed by atoms with Crippen LogP contribution in [-0.4, -0.2) is 56.1 Å². The van der Waals surface area contributed by atoms with Gasteiger partial charge in [-0.15, -0.1) is 0 Å². The number of nitrogens with one attached hydrogen (secondary N) is 2. The zero-order valence-electron chi connectivity index (χ0n) is 15.2. The number of morpholine rings is 1. The van der Waals surface area contributed by atoms with Crippen LogP contribution in [-0.2, 0) is 4.74 Å². The van der Waals surface area contributed by atoms with Crippen LogP contribution in [0.3, 0.4) is 0 Å². The Balaban J connectivity index is 1.59. The van der Waals surface area contributed by atoms with E-state index in [4.69, 9.17) is 4.74 Å². The van der Waals surface area contributed by atoms with Crippen molar-refractivity contribution in [1.82, 2.24) is 10.2 Å². The van der Waals surface area contributed by atoms with Crippen molar-refractivity contribution in [3.8, 4) is 0 Å². The van der Waals surface area contributed by atoms with E-state index >= 15 is 0 Å². The number of carbonyl (C=O) groups excluding carboxylic acids is 2. The van der Waals surface area contributed by atoms with Crippen molar-refractivity contribution < 1.29 is 23.1 Å². The van der Waals surface area contributed by atoms with E-state index in [-0.39, 0.29) is 11.5 Å².